The Morgan fingerprint density at radius 3 is 2.43 bits per heavy atom. The van der Waals surface area contributed by atoms with Gasteiger partial charge in [-0.1, -0.05) is 26.2 Å². The van der Waals surface area contributed by atoms with Crippen molar-refractivity contribution in [1.82, 2.24) is 0 Å². The van der Waals surface area contributed by atoms with Gasteiger partial charge in [-0.2, -0.15) is 0 Å². The van der Waals surface area contributed by atoms with Gasteiger partial charge >= 0.3 is 0 Å². The lowest BCUT2D eigenvalue weighted by Gasteiger charge is -2.21. The molecule has 1 aliphatic carbocycles. The van der Waals surface area contributed by atoms with Gasteiger partial charge in [0.25, 0.3) is 0 Å². The molecule has 0 aromatic carbocycles. The minimum atomic E-state index is -2.94. The first-order chi connectivity index (χ1) is 6.64. The van der Waals surface area contributed by atoms with E-state index in [1.54, 1.807) is 6.92 Å². The number of ether oxygens (including phenoxy) is 1. The Hall–Kier alpha value is -0.0900. The summed E-state index contributed by atoms with van der Waals surface area (Å²) in [5.74, 6) is 0.674. The molecule has 14 heavy (non-hydrogen) atoms. The number of rotatable bonds is 5. The molecule has 0 aromatic rings. The molecule has 1 saturated carbocycles. The van der Waals surface area contributed by atoms with Crippen LogP contribution in [0, 0.1) is 5.92 Å². The molecule has 0 bridgehead atoms. The van der Waals surface area contributed by atoms with E-state index in [1.165, 1.54) is 32.1 Å². The molecule has 84 valence electrons. The zero-order chi connectivity index (χ0) is 10.4. The number of hydrogen-bond donors (Lipinski definition) is 0. The van der Waals surface area contributed by atoms with Crippen LogP contribution in [-0.4, -0.2) is 26.7 Å². The average molecular weight is 220 g/mol. The van der Waals surface area contributed by atoms with Crippen LogP contribution in [0.1, 0.15) is 39.0 Å². The van der Waals surface area contributed by atoms with Crippen LogP contribution in [0.2, 0.25) is 0 Å². The topological polar surface area (TPSA) is 43.4 Å². The van der Waals surface area contributed by atoms with Gasteiger partial charge in [-0.05, 0) is 18.8 Å². The molecule has 0 N–H and O–H groups in total. The van der Waals surface area contributed by atoms with E-state index in [2.05, 4.69) is 0 Å². The van der Waals surface area contributed by atoms with Crippen molar-refractivity contribution in [2.45, 2.75) is 39.0 Å². The monoisotopic (exact) mass is 220 g/mol. The van der Waals surface area contributed by atoms with E-state index in [-0.39, 0.29) is 11.7 Å². The summed E-state index contributed by atoms with van der Waals surface area (Å²) in [6.07, 6.45) is 6.27. The predicted molar refractivity (Wildman–Crippen MR) is 56.9 cm³/mol. The van der Waals surface area contributed by atoms with Crippen LogP contribution in [0.5, 0.6) is 0 Å². The molecule has 0 amide bonds. The Kier molecular flexibility index (Phi) is 4.89. The minimum absolute atomic E-state index is 0.0972. The van der Waals surface area contributed by atoms with Crippen LogP contribution in [-0.2, 0) is 14.6 Å². The van der Waals surface area contributed by atoms with E-state index in [1.807, 2.05) is 0 Å². The van der Waals surface area contributed by atoms with Crippen LogP contribution in [0.3, 0.4) is 0 Å². The molecule has 0 atom stereocenters. The Balaban J connectivity index is 2.14. The molecular weight excluding hydrogens is 200 g/mol. The van der Waals surface area contributed by atoms with Crippen molar-refractivity contribution in [3.8, 4) is 0 Å². The molecule has 3 nitrogen and oxygen atoms in total. The van der Waals surface area contributed by atoms with Gasteiger partial charge in [0.15, 0.2) is 9.84 Å². The Morgan fingerprint density at radius 2 is 1.86 bits per heavy atom. The second-order valence-corrected chi connectivity index (χ2v) is 6.33. The van der Waals surface area contributed by atoms with Crippen molar-refractivity contribution < 1.29 is 13.2 Å². The van der Waals surface area contributed by atoms with Crippen molar-refractivity contribution in [2.75, 3.05) is 18.3 Å². The molecule has 1 fully saturated rings. The minimum Gasteiger partial charge on any atom is -0.365 e. The molecule has 4 heteroatoms. The lowest BCUT2D eigenvalue weighted by Crippen LogP contribution is -2.18. The fourth-order valence-electron chi connectivity index (χ4n) is 1.78. The van der Waals surface area contributed by atoms with Crippen molar-refractivity contribution in [2.24, 2.45) is 5.92 Å². The smallest absolute Gasteiger partial charge is 0.173 e. The molecule has 0 heterocycles. The summed E-state index contributed by atoms with van der Waals surface area (Å²) in [6.45, 7) is 2.28. The van der Waals surface area contributed by atoms with E-state index in [0.717, 1.165) is 0 Å². The van der Waals surface area contributed by atoms with Crippen molar-refractivity contribution in [1.29, 1.82) is 0 Å². The first-order valence-electron chi connectivity index (χ1n) is 5.42. The zero-order valence-corrected chi connectivity index (χ0v) is 9.68. The van der Waals surface area contributed by atoms with Crippen molar-refractivity contribution in [3.63, 3.8) is 0 Å². The van der Waals surface area contributed by atoms with E-state index in [9.17, 15) is 8.42 Å². The lowest BCUT2D eigenvalue weighted by atomic mass is 9.90. The molecule has 1 rings (SSSR count). The molecule has 0 unspecified atom stereocenters. The summed E-state index contributed by atoms with van der Waals surface area (Å²) in [5, 5.41) is 0. The third kappa shape index (κ3) is 4.42. The maximum Gasteiger partial charge on any atom is 0.173 e. The summed E-state index contributed by atoms with van der Waals surface area (Å²) in [5.41, 5.74) is 0. The highest BCUT2D eigenvalue weighted by Crippen LogP contribution is 2.23. The first-order valence-corrected chi connectivity index (χ1v) is 7.24. The quantitative estimate of drug-likeness (QED) is 0.711. The molecule has 0 aliphatic heterocycles. The number of hydrogen-bond acceptors (Lipinski definition) is 3. The van der Waals surface area contributed by atoms with Crippen molar-refractivity contribution >= 4 is 9.84 Å². The highest BCUT2D eigenvalue weighted by atomic mass is 32.2. The van der Waals surface area contributed by atoms with Gasteiger partial charge in [-0.3, -0.25) is 0 Å². The van der Waals surface area contributed by atoms with Gasteiger partial charge in [0.1, 0.15) is 5.94 Å². The lowest BCUT2D eigenvalue weighted by molar-refractivity contribution is 0.116. The van der Waals surface area contributed by atoms with Gasteiger partial charge in [-0.15, -0.1) is 0 Å². The number of sulfone groups is 1. The van der Waals surface area contributed by atoms with Crippen LogP contribution >= 0.6 is 0 Å². The zero-order valence-electron chi connectivity index (χ0n) is 8.87. The summed E-state index contributed by atoms with van der Waals surface area (Å²) in [4.78, 5) is 0. The van der Waals surface area contributed by atoms with Crippen LogP contribution < -0.4 is 0 Å². The second-order valence-electron chi connectivity index (χ2n) is 4.02. The van der Waals surface area contributed by atoms with Crippen molar-refractivity contribution in [3.05, 3.63) is 0 Å². The Bertz CT molecular complexity index is 240. The summed E-state index contributed by atoms with van der Waals surface area (Å²) >= 11 is 0. The van der Waals surface area contributed by atoms with E-state index < -0.39 is 9.84 Å². The molecule has 0 saturated heterocycles. The second kappa shape index (κ2) is 5.71. The predicted octanol–water partition coefficient (Wildman–Crippen LogP) is 1.98. The van der Waals surface area contributed by atoms with E-state index in [4.69, 9.17) is 4.74 Å². The maximum absolute atomic E-state index is 11.1. The Labute approximate surface area is 86.8 Å². The third-order valence-corrected chi connectivity index (χ3v) is 4.19. The highest BCUT2D eigenvalue weighted by molar-refractivity contribution is 7.91. The molecule has 0 radical (unpaired) electrons. The maximum atomic E-state index is 11.1. The largest absolute Gasteiger partial charge is 0.365 e. The van der Waals surface area contributed by atoms with Crippen LogP contribution in [0.25, 0.3) is 0 Å². The van der Waals surface area contributed by atoms with Gasteiger partial charge in [0, 0.05) is 5.75 Å². The molecular formula is C10H20O3S. The fourth-order valence-corrected chi connectivity index (χ4v) is 2.30. The standard InChI is InChI=1S/C10H20O3S/c1-2-14(11,12)9-13-8-10-6-4-3-5-7-10/h10H,2-9H2,1H3. The van der Waals surface area contributed by atoms with E-state index in [0.29, 0.717) is 12.5 Å². The SMILES string of the molecule is CCS(=O)(=O)COCC1CCCCC1. The average Bonchev–Trinajstić information content (AvgIpc) is 2.19. The summed E-state index contributed by atoms with van der Waals surface area (Å²) in [6, 6.07) is 0. The van der Waals surface area contributed by atoms with Gasteiger partial charge in [0.05, 0.1) is 6.61 Å². The van der Waals surface area contributed by atoms with Gasteiger partial charge < -0.3 is 4.74 Å². The fraction of sp³-hybridized carbons (Fsp3) is 1.00. The summed E-state index contributed by atoms with van der Waals surface area (Å²) < 4.78 is 27.5. The molecule has 0 aromatic heterocycles. The molecule has 0 spiro atoms. The normalized spacial score (nSPS) is 19.8. The first kappa shape index (κ1) is 12.0. The van der Waals surface area contributed by atoms with Crippen LogP contribution in [0.15, 0.2) is 0 Å². The van der Waals surface area contributed by atoms with E-state index >= 15 is 0 Å². The molecule has 1 aliphatic rings. The summed E-state index contributed by atoms with van der Waals surface area (Å²) in [7, 11) is -2.94. The highest BCUT2D eigenvalue weighted by Gasteiger charge is 2.15. The Morgan fingerprint density at radius 1 is 1.21 bits per heavy atom. The van der Waals surface area contributed by atoms with Gasteiger partial charge in [-0.25, -0.2) is 8.42 Å². The van der Waals surface area contributed by atoms with Gasteiger partial charge in [0.2, 0.25) is 0 Å². The third-order valence-electron chi connectivity index (χ3n) is 2.78. The van der Waals surface area contributed by atoms with Crippen LogP contribution in [0.4, 0.5) is 0 Å².